The number of halogens is 5. The normalized spacial score (nSPS) is 12.0. The van der Waals surface area contributed by atoms with E-state index in [0.29, 0.717) is 22.1 Å². The number of aromatic nitrogens is 2. The SMILES string of the molecule is Cc1ccccc1-c1ccc2c3ccc(-c4ccccc4C)cc3n(-c3cc(-c4c(F)cccc4F)cc(-n4c5cc(-c6ccccc6C)ccc5c5ccc(-c6ccccc6C)cc54)c3C(F)(F)F)c2c1. The molecule has 0 aliphatic carbocycles. The van der Waals surface area contributed by atoms with Crippen LogP contribution in [0.3, 0.4) is 0 Å². The van der Waals surface area contributed by atoms with Gasteiger partial charge in [0.1, 0.15) is 17.2 Å². The van der Waals surface area contributed by atoms with Gasteiger partial charge in [-0.3, -0.25) is 0 Å². The molecule has 2 heterocycles. The van der Waals surface area contributed by atoms with Crippen LogP contribution in [0, 0.1) is 39.3 Å². The number of hydrogen-bond acceptors (Lipinski definition) is 0. The summed E-state index contributed by atoms with van der Waals surface area (Å²) in [5, 5.41) is 2.88. The minimum atomic E-state index is -5.02. The molecule has 0 fully saturated rings. The first-order valence-corrected chi connectivity index (χ1v) is 23.9. The van der Waals surface area contributed by atoms with E-state index in [2.05, 4.69) is 0 Å². The molecule has 0 atom stereocenters. The van der Waals surface area contributed by atoms with Crippen molar-refractivity contribution in [1.29, 1.82) is 0 Å². The fraction of sp³-hybridized carbons (Fsp3) is 0.0769. The zero-order valence-corrected chi connectivity index (χ0v) is 39.8. The molecule has 0 aliphatic heterocycles. The van der Waals surface area contributed by atoms with E-state index in [9.17, 15) is 0 Å². The second kappa shape index (κ2) is 17.1. The van der Waals surface area contributed by atoms with E-state index in [1.165, 1.54) is 18.2 Å². The van der Waals surface area contributed by atoms with Gasteiger partial charge in [0.25, 0.3) is 0 Å². The van der Waals surface area contributed by atoms with Crippen molar-refractivity contribution in [2.24, 2.45) is 0 Å². The van der Waals surface area contributed by atoms with Gasteiger partial charge in [0.05, 0.1) is 39.0 Å². The molecule has 72 heavy (non-hydrogen) atoms. The van der Waals surface area contributed by atoms with Crippen molar-refractivity contribution in [3.8, 4) is 67.0 Å². The fourth-order valence-electron chi connectivity index (χ4n) is 11.0. The highest BCUT2D eigenvalue weighted by Gasteiger charge is 2.40. The van der Waals surface area contributed by atoms with Crippen molar-refractivity contribution in [2.45, 2.75) is 33.9 Å². The van der Waals surface area contributed by atoms with Crippen LogP contribution in [-0.2, 0) is 6.18 Å². The number of alkyl halides is 3. The lowest BCUT2D eigenvalue weighted by atomic mass is 9.97. The second-order valence-corrected chi connectivity index (χ2v) is 18.8. The predicted molar refractivity (Wildman–Crippen MR) is 286 cm³/mol. The van der Waals surface area contributed by atoms with Crippen LogP contribution in [0.25, 0.3) is 111 Å². The summed E-state index contributed by atoms with van der Waals surface area (Å²) in [7, 11) is 0. The maximum atomic E-state index is 17.2. The highest BCUT2D eigenvalue weighted by molar-refractivity contribution is 6.13. The van der Waals surface area contributed by atoms with Gasteiger partial charge in [0, 0.05) is 21.5 Å². The van der Waals surface area contributed by atoms with Crippen LogP contribution >= 0.6 is 0 Å². The van der Waals surface area contributed by atoms with Crippen LogP contribution in [0.5, 0.6) is 0 Å². The smallest absolute Gasteiger partial charge is 0.308 e. The van der Waals surface area contributed by atoms with Crippen LogP contribution in [0.1, 0.15) is 27.8 Å². The second-order valence-electron chi connectivity index (χ2n) is 18.8. The number of rotatable bonds is 7. The van der Waals surface area contributed by atoms with Gasteiger partial charge in [0.2, 0.25) is 0 Å². The van der Waals surface area contributed by atoms with E-state index in [-0.39, 0.29) is 16.9 Å². The molecule has 0 unspecified atom stereocenters. The monoisotopic (exact) mass is 948 g/mol. The van der Waals surface area contributed by atoms with Gasteiger partial charge in [-0.05, 0) is 149 Å². The summed E-state index contributed by atoms with van der Waals surface area (Å²) >= 11 is 0. The van der Waals surface area contributed by atoms with Gasteiger partial charge in [-0.1, -0.05) is 152 Å². The Morgan fingerprint density at radius 3 is 0.889 bits per heavy atom. The molecule has 2 nitrogen and oxygen atoms in total. The molecule has 10 aromatic carbocycles. The Kier molecular flexibility index (Phi) is 10.6. The van der Waals surface area contributed by atoms with Crippen LogP contribution in [0.2, 0.25) is 0 Å². The summed E-state index contributed by atoms with van der Waals surface area (Å²) in [5.41, 5.74) is 10.9. The molecular weight excluding hydrogens is 904 g/mol. The first-order chi connectivity index (χ1) is 34.8. The first-order valence-electron chi connectivity index (χ1n) is 23.9. The van der Waals surface area contributed by atoms with Gasteiger partial charge < -0.3 is 9.13 Å². The van der Waals surface area contributed by atoms with Crippen LogP contribution in [0.4, 0.5) is 22.0 Å². The fourth-order valence-corrected chi connectivity index (χ4v) is 11.0. The molecule has 12 aromatic rings. The minimum absolute atomic E-state index is 0.0520. The molecule has 0 saturated heterocycles. The third-order valence-corrected chi connectivity index (χ3v) is 14.5. The molecule has 0 aliphatic rings. The van der Waals surface area contributed by atoms with E-state index in [1.807, 2.05) is 198 Å². The Labute approximate surface area is 413 Å². The van der Waals surface area contributed by atoms with Gasteiger partial charge in [0.15, 0.2) is 0 Å². The van der Waals surface area contributed by atoms with E-state index in [0.717, 1.165) is 100 Å². The Hall–Kier alpha value is -8.55. The summed E-state index contributed by atoms with van der Waals surface area (Å²) in [6.45, 7) is 8.02. The van der Waals surface area contributed by atoms with Crippen molar-refractivity contribution < 1.29 is 22.0 Å². The molecule has 0 bridgehead atoms. The third kappa shape index (κ3) is 7.29. The molecule has 350 valence electrons. The predicted octanol–water partition coefficient (Wildman–Crippen LogP) is 18.7. The quantitative estimate of drug-likeness (QED) is 0.141. The molecular formula is C65H45F5N2. The zero-order chi connectivity index (χ0) is 49.6. The van der Waals surface area contributed by atoms with Gasteiger partial charge in [-0.15, -0.1) is 0 Å². The number of hydrogen-bond donors (Lipinski definition) is 0. The number of nitrogens with zero attached hydrogens (tertiary/aromatic N) is 2. The third-order valence-electron chi connectivity index (χ3n) is 14.5. The lowest BCUT2D eigenvalue weighted by Gasteiger charge is -2.24. The molecule has 0 saturated carbocycles. The van der Waals surface area contributed by atoms with Crippen molar-refractivity contribution in [2.75, 3.05) is 0 Å². The molecule has 2 aromatic heterocycles. The van der Waals surface area contributed by atoms with E-state index < -0.39 is 28.9 Å². The lowest BCUT2D eigenvalue weighted by molar-refractivity contribution is -0.137. The summed E-state index contributed by atoms with van der Waals surface area (Å²) in [5.74, 6) is -1.80. The number of benzene rings is 10. The maximum Gasteiger partial charge on any atom is 0.420 e. The lowest BCUT2D eigenvalue weighted by Crippen LogP contribution is -2.16. The average Bonchev–Trinajstić information content (AvgIpc) is 3.87. The average molecular weight is 949 g/mol. The maximum absolute atomic E-state index is 17.2. The van der Waals surface area contributed by atoms with Crippen LogP contribution < -0.4 is 0 Å². The number of aryl methyl sites for hydroxylation is 4. The summed E-state index contributed by atoms with van der Waals surface area (Å²) in [4.78, 5) is 0. The summed E-state index contributed by atoms with van der Waals surface area (Å²) in [6, 6.07) is 61.4. The van der Waals surface area contributed by atoms with E-state index in [1.54, 1.807) is 9.13 Å². The highest BCUT2D eigenvalue weighted by Crippen LogP contribution is 2.48. The largest absolute Gasteiger partial charge is 0.420 e. The van der Waals surface area contributed by atoms with E-state index >= 15 is 22.0 Å². The van der Waals surface area contributed by atoms with Crippen LogP contribution in [0.15, 0.2) is 200 Å². The summed E-state index contributed by atoms with van der Waals surface area (Å²) in [6.07, 6.45) is -5.02. The molecule has 0 amide bonds. The first kappa shape index (κ1) is 44.6. The Morgan fingerprint density at radius 2 is 0.611 bits per heavy atom. The van der Waals surface area contributed by atoms with Gasteiger partial charge in [-0.2, -0.15) is 13.2 Å². The molecule has 0 spiro atoms. The topological polar surface area (TPSA) is 9.86 Å². The van der Waals surface area contributed by atoms with Gasteiger partial charge in [-0.25, -0.2) is 8.78 Å². The van der Waals surface area contributed by atoms with Gasteiger partial charge >= 0.3 is 6.18 Å². The van der Waals surface area contributed by atoms with Crippen molar-refractivity contribution >= 4 is 43.6 Å². The molecule has 0 radical (unpaired) electrons. The standard InChI is InChI=1S/C65H45F5N2/c1-38-14-5-9-18-47(38)42-24-28-51-52-29-25-43(48-19-10-6-15-39(48)2)33-58(52)71(57(51)32-42)61-36-46(63-55(66)22-13-23-56(63)67)37-62(64(61)65(68,69)70)72-59-34-44(49-20-11-7-16-40(49)3)26-30-53(59)54-31-27-45(35-60(54)72)50-21-12-8-17-41(50)4/h5-37H,1-4H3. The summed E-state index contributed by atoms with van der Waals surface area (Å²) < 4.78 is 87.9. The van der Waals surface area contributed by atoms with Crippen molar-refractivity contribution in [3.05, 3.63) is 240 Å². The Balaban J connectivity index is 1.28. The molecule has 7 heteroatoms. The number of fused-ring (bicyclic) bond motifs is 6. The molecule has 12 rings (SSSR count). The minimum Gasteiger partial charge on any atom is -0.308 e. The molecule has 0 N–H and O–H groups in total. The van der Waals surface area contributed by atoms with Crippen LogP contribution in [-0.4, -0.2) is 9.13 Å². The Bertz CT molecular complexity index is 3710. The van der Waals surface area contributed by atoms with E-state index in [4.69, 9.17) is 0 Å². The van der Waals surface area contributed by atoms with Crippen molar-refractivity contribution in [3.63, 3.8) is 0 Å². The zero-order valence-electron chi connectivity index (χ0n) is 39.8. The Morgan fingerprint density at radius 1 is 0.319 bits per heavy atom. The van der Waals surface area contributed by atoms with Crippen molar-refractivity contribution in [1.82, 2.24) is 9.13 Å². The highest BCUT2D eigenvalue weighted by atomic mass is 19.4.